The Morgan fingerprint density at radius 3 is 2.97 bits per heavy atom. The molecule has 0 aromatic carbocycles. The fourth-order valence-electron chi connectivity index (χ4n) is 4.21. The lowest BCUT2D eigenvalue weighted by Crippen LogP contribution is -2.72. The zero-order valence-electron chi connectivity index (χ0n) is 18.4. The highest BCUT2D eigenvalue weighted by atomic mass is 32.2. The van der Waals surface area contributed by atoms with E-state index < -0.39 is 34.2 Å². The van der Waals surface area contributed by atoms with Crippen LogP contribution in [0.15, 0.2) is 64.8 Å². The van der Waals surface area contributed by atoms with Crippen LogP contribution in [0.5, 0.6) is 0 Å². The monoisotopic (exact) mass is 515 g/mol. The van der Waals surface area contributed by atoms with Crippen molar-refractivity contribution in [3.05, 3.63) is 59.7 Å². The average Bonchev–Trinajstić information content (AvgIpc) is 3.47. The predicted octanol–water partition coefficient (Wildman–Crippen LogP) is -1.95. The third-order valence-electron chi connectivity index (χ3n) is 5.83. The minimum atomic E-state index is -1.44. The first kappa shape index (κ1) is 23.3. The summed E-state index contributed by atoms with van der Waals surface area (Å²) in [6.07, 6.45) is 7.17. The smallest absolute Gasteiger partial charge is 0.286 e. The summed E-state index contributed by atoms with van der Waals surface area (Å²) in [4.78, 5) is 42.7. The van der Waals surface area contributed by atoms with E-state index >= 15 is 0 Å². The van der Waals surface area contributed by atoms with Gasteiger partial charge < -0.3 is 25.4 Å². The van der Waals surface area contributed by atoms with Crippen LogP contribution < -0.4 is 26.0 Å². The maximum Gasteiger partial charge on any atom is 0.286 e. The number of aliphatic carboxylic acids is 1. The van der Waals surface area contributed by atoms with Gasteiger partial charge in [-0.15, -0.1) is 11.8 Å². The molecule has 2 aromatic heterocycles. The van der Waals surface area contributed by atoms with E-state index in [0.717, 1.165) is 17.4 Å². The molecule has 5 heterocycles. The van der Waals surface area contributed by atoms with Crippen LogP contribution in [0.4, 0.5) is 0 Å². The number of thioether (sulfide) groups is 2. The lowest BCUT2D eigenvalue weighted by atomic mass is 10.0. The average molecular weight is 516 g/mol. The molecule has 2 amide bonds. The molecule has 0 bridgehead atoms. The van der Waals surface area contributed by atoms with Gasteiger partial charge in [0.15, 0.2) is 10.7 Å². The highest BCUT2D eigenvalue weighted by molar-refractivity contribution is 8.04. The Kier molecular flexibility index (Phi) is 5.94. The van der Waals surface area contributed by atoms with E-state index in [1.165, 1.54) is 23.8 Å². The number of carboxylic acids is 1. The molecule has 3 aliphatic heterocycles. The number of imidazole rings is 1. The standard InChI is InChI=1S/C21H21N7O5S2/c1-33-25-16(21(22)23-5-9-35-21)17(29)24-14-18(30)28-15(20(31)32)12(11-34-19(14)28)10-27-8-7-26-6-3-2-4-13(26)27/h2-9,14,19,23H,10-11,22H2,1H3,(H-,24,29,31,32)/b25-16+/t14?,19-,21?/m1/s1. The quantitative estimate of drug-likeness (QED) is 0.165. The Morgan fingerprint density at radius 1 is 1.43 bits per heavy atom. The van der Waals surface area contributed by atoms with Gasteiger partial charge in [-0.25, -0.2) is 8.97 Å². The molecule has 3 atom stereocenters. The van der Waals surface area contributed by atoms with Crippen molar-refractivity contribution >= 4 is 52.7 Å². The van der Waals surface area contributed by atoms with Crippen molar-refractivity contribution in [2.24, 2.45) is 10.9 Å². The van der Waals surface area contributed by atoms with Crippen molar-refractivity contribution in [1.82, 2.24) is 19.9 Å². The topological polar surface area (TPSA) is 157 Å². The number of hydrogen-bond donors (Lipinski definition) is 3. The summed E-state index contributed by atoms with van der Waals surface area (Å²) in [6.45, 7) is 0.278. The third kappa shape index (κ3) is 3.92. The Bertz CT molecular complexity index is 1310. The first-order chi connectivity index (χ1) is 16.8. The first-order valence-corrected chi connectivity index (χ1v) is 12.4. The minimum absolute atomic E-state index is 0.157. The number of amides is 2. The van der Waals surface area contributed by atoms with Gasteiger partial charge in [-0.1, -0.05) is 23.0 Å². The maximum absolute atomic E-state index is 13.0. The highest BCUT2D eigenvalue weighted by Crippen LogP contribution is 2.40. The number of nitrogens with two attached hydrogens (primary N) is 1. The zero-order chi connectivity index (χ0) is 24.7. The van der Waals surface area contributed by atoms with E-state index in [-0.39, 0.29) is 18.0 Å². The van der Waals surface area contributed by atoms with E-state index in [1.807, 2.05) is 45.8 Å². The Labute approximate surface area is 207 Å². The van der Waals surface area contributed by atoms with Crippen molar-refractivity contribution in [2.75, 3.05) is 12.9 Å². The second-order valence-corrected chi connectivity index (χ2v) is 10.2. The fraction of sp³-hybridized carbons (Fsp3) is 0.286. The van der Waals surface area contributed by atoms with Crippen LogP contribution in [-0.4, -0.2) is 62.1 Å². The molecule has 2 unspecified atom stereocenters. The van der Waals surface area contributed by atoms with Crippen molar-refractivity contribution in [3.8, 4) is 0 Å². The summed E-state index contributed by atoms with van der Waals surface area (Å²) < 4.78 is 3.81. The van der Waals surface area contributed by atoms with Crippen LogP contribution in [0.3, 0.4) is 0 Å². The molecule has 5 rings (SSSR count). The van der Waals surface area contributed by atoms with Gasteiger partial charge in [-0.2, -0.15) is 0 Å². The molecular formula is C21H21N7O5S2. The summed E-state index contributed by atoms with van der Waals surface area (Å²) >= 11 is 2.49. The van der Waals surface area contributed by atoms with Gasteiger partial charge in [0.25, 0.3) is 17.5 Å². The van der Waals surface area contributed by atoms with Gasteiger partial charge in [0.05, 0.1) is 17.9 Å². The zero-order valence-corrected chi connectivity index (χ0v) is 20.0. The van der Waals surface area contributed by atoms with Crippen LogP contribution in [0.25, 0.3) is 5.65 Å². The number of rotatable bonds is 7. The summed E-state index contributed by atoms with van der Waals surface area (Å²) in [5, 5.41) is 22.4. The molecule has 0 aliphatic carbocycles. The second-order valence-electron chi connectivity index (χ2n) is 7.92. The number of oxime groups is 1. The molecule has 0 saturated carbocycles. The Hall–Kier alpha value is -3.49. The van der Waals surface area contributed by atoms with Crippen LogP contribution in [0.1, 0.15) is 0 Å². The van der Waals surface area contributed by atoms with Crippen LogP contribution >= 0.6 is 23.5 Å². The fourth-order valence-corrected chi connectivity index (χ4v) is 6.28. The number of hydrogen-bond acceptors (Lipinski definition) is 10. The maximum atomic E-state index is 13.0. The summed E-state index contributed by atoms with van der Waals surface area (Å²) in [7, 11) is 1.28. The largest absolute Gasteiger partial charge is 0.543 e. The van der Waals surface area contributed by atoms with Gasteiger partial charge in [0, 0.05) is 23.6 Å². The van der Waals surface area contributed by atoms with E-state index in [4.69, 9.17) is 10.6 Å². The minimum Gasteiger partial charge on any atom is -0.543 e. The molecule has 1 saturated heterocycles. The number of nitrogens with one attached hydrogen (secondary N) is 2. The number of aromatic nitrogens is 2. The van der Waals surface area contributed by atoms with Crippen molar-refractivity contribution in [3.63, 3.8) is 0 Å². The van der Waals surface area contributed by atoms with Gasteiger partial charge >= 0.3 is 0 Å². The molecule has 0 spiro atoms. The molecular weight excluding hydrogens is 494 g/mol. The van der Waals surface area contributed by atoms with Crippen LogP contribution in [0, 0.1) is 0 Å². The van der Waals surface area contributed by atoms with Crippen molar-refractivity contribution in [1.29, 1.82) is 0 Å². The molecule has 35 heavy (non-hydrogen) atoms. The number of carbonyl (C=O) groups excluding carboxylic acids is 3. The number of nitrogens with zero attached hydrogens (tertiary/aromatic N) is 4. The Morgan fingerprint density at radius 2 is 2.26 bits per heavy atom. The van der Waals surface area contributed by atoms with Crippen molar-refractivity contribution < 1.29 is 28.9 Å². The van der Waals surface area contributed by atoms with Gasteiger partial charge in [0.2, 0.25) is 0 Å². The van der Waals surface area contributed by atoms with Gasteiger partial charge in [-0.05, 0) is 11.5 Å². The van der Waals surface area contributed by atoms with E-state index in [1.54, 1.807) is 11.6 Å². The molecule has 1 fully saturated rings. The van der Waals surface area contributed by atoms with E-state index in [9.17, 15) is 19.5 Å². The summed E-state index contributed by atoms with van der Waals surface area (Å²) in [5.41, 5.74) is 7.30. The first-order valence-electron chi connectivity index (χ1n) is 10.5. The summed E-state index contributed by atoms with van der Waals surface area (Å²) in [5.74, 6) is -2.33. The lowest BCUT2D eigenvalue weighted by Gasteiger charge is -2.50. The number of carbonyl (C=O) groups is 3. The molecule has 3 aliphatic rings. The van der Waals surface area contributed by atoms with Gasteiger partial charge in [-0.3, -0.25) is 20.2 Å². The molecule has 2 aromatic rings. The van der Waals surface area contributed by atoms with Gasteiger partial charge in [0.1, 0.15) is 37.5 Å². The summed E-state index contributed by atoms with van der Waals surface area (Å²) in [6, 6.07) is 4.75. The van der Waals surface area contributed by atoms with E-state index in [2.05, 4.69) is 15.8 Å². The van der Waals surface area contributed by atoms with Crippen LogP contribution in [-0.2, 0) is 25.8 Å². The number of pyridine rings is 1. The van der Waals surface area contributed by atoms with Crippen LogP contribution in [0.2, 0.25) is 0 Å². The number of carboxylic acid groups (broad SMARTS) is 1. The third-order valence-corrected chi connectivity index (χ3v) is 8.12. The number of fused-ring (bicyclic) bond motifs is 2. The molecule has 182 valence electrons. The normalized spacial score (nSPS) is 25.8. The molecule has 0 radical (unpaired) electrons. The lowest BCUT2D eigenvalue weighted by molar-refractivity contribution is -0.662. The number of β-lactam (4-membered cyclic amide) rings is 1. The Balaban J connectivity index is 1.36. The van der Waals surface area contributed by atoms with E-state index in [0.29, 0.717) is 11.3 Å². The molecule has 14 heteroatoms. The molecule has 4 N–H and O–H groups in total. The highest BCUT2D eigenvalue weighted by Gasteiger charge is 2.54. The second kappa shape index (κ2) is 8.94. The van der Waals surface area contributed by atoms with Crippen molar-refractivity contribution in [2.45, 2.75) is 23.0 Å². The molecule has 12 nitrogen and oxygen atoms in total. The SMILES string of the molecule is CO/N=C(\C(=O)NC1C(=O)N2C(C(=O)[O-])=C(C[n+]3ccn4ccccc43)CS[C@H]12)C1(N)NC=CS1. The predicted molar refractivity (Wildman–Crippen MR) is 126 cm³/mol.